The molecule has 0 aliphatic heterocycles. The molecule has 0 aliphatic carbocycles. The molecule has 4 nitrogen and oxygen atoms in total. The van der Waals surface area contributed by atoms with Crippen LogP contribution in [-0.2, 0) is 0 Å². The van der Waals surface area contributed by atoms with Crippen molar-refractivity contribution in [1.82, 2.24) is 0 Å². The molecule has 1 aromatic carbocycles. The number of hydrogen-bond donors (Lipinski definition) is 2. The molecule has 0 radical (unpaired) electrons. The predicted molar refractivity (Wildman–Crippen MR) is 57.6 cm³/mol. The lowest BCUT2D eigenvalue weighted by atomic mass is 10.3. The monoisotopic (exact) mass is 276 g/mol. The molecule has 82 valence electrons. The Bertz CT molecular complexity index is 351. The first-order chi connectivity index (χ1) is 7.11. The molecular weight excluding hydrogens is 267 g/mol. The van der Waals surface area contributed by atoms with Gasteiger partial charge in [0.05, 0.1) is 6.61 Å². The second-order valence-corrected chi connectivity index (χ2v) is 3.71. The zero-order valence-corrected chi connectivity index (χ0v) is 9.37. The predicted octanol–water partition coefficient (Wildman–Crippen LogP) is 2.10. The molecule has 0 bridgehead atoms. The Morgan fingerprint density at radius 2 is 2.27 bits per heavy atom. The van der Waals surface area contributed by atoms with Crippen LogP contribution in [0.4, 0.5) is 4.39 Å². The molecule has 6 heteroatoms. The summed E-state index contributed by atoms with van der Waals surface area (Å²) in [7, 11) is 0. The van der Waals surface area contributed by atoms with E-state index in [1.165, 1.54) is 12.1 Å². The summed E-state index contributed by atoms with van der Waals surface area (Å²) in [6.07, 6.45) is 0.282. The highest BCUT2D eigenvalue weighted by atomic mass is 79.9. The molecule has 0 saturated carbocycles. The molecule has 0 saturated heterocycles. The topological polar surface area (TPSA) is 67.8 Å². The Balaban J connectivity index is 2.51. The molecule has 1 aromatic rings. The number of amidine groups is 1. The van der Waals surface area contributed by atoms with Crippen LogP contribution >= 0.6 is 15.9 Å². The number of oxime groups is 1. The third-order valence-corrected chi connectivity index (χ3v) is 2.05. The molecule has 0 aromatic heterocycles. The fourth-order valence-corrected chi connectivity index (χ4v) is 1.38. The van der Waals surface area contributed by atoms with Crippen LogP contribution in [0.1, 0.15) is 6.42 Å². The van der Waals surface area contributed by atoms with Crippen LogP contribution in [0.3, 0.4) is 0 Å². The smallest absolute Gasteiger partial charge is 0.142 e. The Morgan fingerprint density at radius 3 is 2.87 bits per heavy atom. The van der Waals surface area contributed by atoms with Crippen molar-refractivity contribution in [3.05, 3.63) is 28.5 Å². The molecular formula is C9H10BrFN2O2. The van der Waals surface area contributed by atoms with Crippen molar-refractivity contribution in [2.75, 3.05) is 6.61 Å². The third-order valence-electron chi connectivity index (χ3n) is 1.59. The van der Waals surface area contributed by atoms with Crippen LogP contribution in [0, 0.1) is 5.82 Å². The molecule has 15 heavy (non-hydrogen) atoms. The summed E-state index contributed by atoms with van der Waals surface area (Å²) in [4.78, 5) is 0. The van der Waals surface area contributed by atoms with Crippen LogP contribution in [0.15, 0.2) is 27.8 Å². The van der Waals surface area contributed by atoms with Crippen molar-refractivity contribution >= 4 is 21.8 Å². The largest absolute Gasteiger partial charge is 0.493 e. The lowest BCUT2D eigenvalue weighted by Crippen LogP contribution is -2.15. The molecule has 0 aliphatic rings. The average Bonchev–Trinajstić information content (AvgIpc) is 2.16. The van der Waals surface area contributed by atoms with Gasteiger partial charge in [0.25, 0.3) is 0 Å². The van der Waals surface area contributed by atoms with Crippen LogP contribution in [0.5, 0.6) is 5.75 Å². The molecule has 0 amide bonds. The van der Waals surface area contributed by atoms with E-state index in [0.717, 1.165) is 0 Å². The molecule has 0 spiro atoms. The normalized spacial score (nSPS) is 11.5. The maximum Gasteiger partial charge on any atom is 0.142 e. The first-order valence-electron chi connectivity index (χ1n) is 4.17. The number of rotatable bonds is 4. The van der Waals surface area contributed by atoms with E-state index in [1.807, 2.05) is 0 Å². The van der Waals surface area contributed by atoms with Crippen molar-refractivity contribution in [3.8, 4) is 5.75 Å². The van der Waals surface area contributed by atoms with Crippen molar-refractivity contribution in [2.24, 2.45) is 10.9 Å². The summed E-state index contributed by atoms with van der Waals surface area (Å²) in [6.45, 7) is 0.228. The van der Waals surface area contributed by atoms with Gasteiger partial charge in [-0.3, -0.25) is 0 Å². The van der Waals surface area contributed by atoms with Crippen molar-refractivity contribution in [3.63, 3.8) is 0 Å². The van der Waals surface area contributed by atoms with E-state index in [-0.39, 0.29) is 24.7 Å². The van der Waals surface area contributed by atoms with Crippen LogP contribution in [-0.4, -0.2) is 17.6 Å². The first kappa shape index (κ1) is 11.8. The second-order valence-electron chi connectivity index (χ2n) is 2.79. The Labute approximate surface area is 94.7 Å². The molecule has 3 N–H and O–H groups in total. The highest BCUT2D eigenvalue weighted by molar-refractivity contribution is 9.10. The Hall–Kier alpha value is -1.30. The van der Waals surface area contributed by atoms with Gasteiger partial charge in [0.1, 0.15) is 17.4 Å². The van der Waals surface area contributed by atoms with Crippen LogP contribution in [0.2, 0.25) is 0 Å². The van der Waals surface area contributed by atoms with E-state index in [1.54, 1.807) is 6.07 Å². The van der Waals surface area contributed by atoms with E-state index < -0.39 is 0 Å². The second kappa shape index (κ2) is 5.55. The van der Waals surface area contributed by atoms with E-state index in [4.69, 9.17) is 15.7 Å². The van der Waals surface area contributed by atoms with E-state index >= 15 is 0 Å². The zero-order valence-electron chi connectivity index (χ0n) is 7.78. The van der Waals surface area contributed by atoms with E-state index in [2.05, 4.69) is 21.1 Å². The standard InChI is InChI=1S/C9H10BrFN2O2/c10-6-3-7(11)5-8(4-6)15-2-1-9(12)13-14/h3-5,14H,1-2H2,(H2,12,13). The average molecular weight is 277 g/mol. The molecule has 0 unspecified atom stereocenters. The van der Waals surface area contributed by atoms with Crippen LogP contribution < -0.4 is 10.5 Å². The summed E-state index contributed by atoms with van der Waals surface area (Å²) in [5, 5.41) is 11.0. The number of halogens is 2. The van der Waals surface area contributed by atoms with E-state index in [9.17, 15) is 4.39 Å². The number of nitrogens with zero attached hydrogens (tertiary/aromatic N) is 1. The Kier molecular flexibility index (Phi) is 4.36. The minimum atomic E-state index is -0.386. The summed E-state index contributed by atoms with van der Waals surface area (Å²) >= 11 is 3.14. The highest BCUT2D eigenvalue weighted by Gasteiger charge is 2.00. The van der Waals surface area contributed by atoms with Gasteiger partial charge in [-0.15, -0.1) is 0 Å². The Morgan fingerprint density at radius 1 is 1.53 bits per heavy atom. The van der Waals surface area contributed by atoms with Crippen molar-refractivity contribution in [1.29, 1.82) is 0 Å². The maximum absolute atomic E-state index is 12.9. The zero-order chi connectivity index (χ0) is 11.3. The quantitative estimate of drug-likeness (QED) is 0.383. The maximum atomic E-state index is 12.9. The van der Waals surface area contributed by atoms with Gasteiger partial charge >= 0.3 is 0 Å². The van der Waals surface area contributed by atoms with Crippen molar-refractivity contribution in [2.45, 2.75) is 6.42 Å². The lowest BCUT2D eigenvalue weighted by Gasteiger charge is -2.05. The fourth-order valence-electron chi connectivity index (χ4n) is 0.935. The minimum absolute atomic E-state index is 0.0745. The lowest BCUT2D eigenvalue weighted by molar-refractivity contribution is 0.305. The van der Waals surface area contributed by atoms with Gasteiger partial charge in [0, 0.05) is 17.0 Å². The molecule has 0 heterocycles. The van der Waals surface area contributed by atoms with Gasteiger partial charge in [-0.2, -0.15) is 0 Å². The summed E-state index contributed by atoms with van der Waals surface area (Å²) in [6, 6.07) is 4.23. The highest BCUT2D eigenvalue weighted by Crippen LogP contribution is 2.20. The fraction of sp³-hybridized carbons (Fsp3) is 0.222. The van der Waals surface area contributed by atoms with Gasteiger partial charge in [-0.1, -0.05) is 21.1 Å². The van der Waals surface area contributed by atoms with Gasteiger partial charge < -0.3 is 15.7 Å². The number of hydrogen-bond acceptors (Lipinski definition) is 3. The van der Waals surface area contributed by atoms with Crippen molar-refractivity contribution < 1.29 is 14.3 Å². The minimum Gasteiger partial charge on any atom is -0.493 e. The SMILES string of the molecule is N/C(CCOc1cc(F)cc(Br)c1)=N/O. The van der Waals surface area contributed by atoms with Gasteiger partial charge in [-0.05, 0) is 12.1 Å². The molecule has 0 fully saturated rings. The molecule has 1 rings (SSSR count). The first-order valence-corrected chi connectivity index (χ1v) is 4.96. The summed E-state index contributed by atoms with van der Waals surface area (Å²) < 4.78 is 18.7. The number of ether oxygens (including phenoxy) is 1. The summed E-state index contributed by atoms with van der Waals surface area (Å²) in [5.74, 6) is 0.0845. The van der Waals surface area contributed by atoms with Gasteiger partial charge in [0.2, 0.25) is 0 Å². The van der Waals surface area contributed by atoms with Gasteiger partial charge in [-0.25, -0.2) is 4.39 Å². The van der Waals surface area contributed by atoms with Gasteiger partial charge in [0.15, 0.2) is 0 Å². The third kappa shape index (κ3) is 4.16. The summed E-state index contributed by atoms with van der Waals surface area (Å²) in [5.41, 5.74) is 5.23. The van der Waals surface area contributed by atoms with Crippen LogP contribution in [0.25, 0.3) is 0 Å². The number of benzene rings is 1. The van der Waals surface area contributed by atoms with E-state index in [0.29, 0.717) is 10.2 Å². The number of nitrogens with two attached hydrogens (primary N) is 1. The molecule has 0 atom stereocenters.